The molecular formula is C19H21N3O4S2. The summed E-state index contributed by atoms with van der Waals surface area (Å²) in [4.78, 5) is 4.12. The Labute approximate surface area is 172 Å². The topological polar surface area (TPSA) is 61.9 Å². The Morgan fingerprint density at radius 3 is 2.61 bits per heavy atom. The molecule has 0 atom stereocenters. The zero-order valence-corrected chi connectivity index (χ0v) is 17.6. The van der Waals surface area contributed by atoms with E-state index in [0.717, 1.165) is 19.5 Å². The Morgan fingerprint density at radius 2 is 1.93 bits per heavy atom. The number of thiophene rings is 1. The van der Waals surface area contributed by atoms with E-state index in [0.29, 0.717) is 40.2 Å². The molecule has 2 aromatic heterocycles. The van der Waals surface area contributed by atoms with Crippen molar-refractivity contribution in [1.29, 1.82) is 0 Å². The van der Waals surface area contributed by atoms with E-state index in [1.165, 1.54) is 10.4 Å². The Morgan fingerprint density at radius 1 is 1.18 bits per heavy atom. The van der Waals surface area contributed by atoms with Gasteiger partial charge in [0.1, 0.15) is 0 Å². The Hall–Kier alpha value is -2.36. The molecule has 0 saturated carbocycles. The molecule has 3 aromatic rings. The van der Waals surface area contributed by atoms with E-state index in [4.69, 9.17) is 30.8 Å². The van der Waals surface area contributed by atoms with Crippen LogP contribution in [0, 0.1) is 4.84 Å². The Balaban J connectivity index is 1.61. The van der Waals surface area contributed by atoms with Crippen molar-refractivity contribution in [3.8, 4) is 28.7 Å². The average molecular weight is 420 g/mol. The summed E-state index contributed by atoms with van der Waals surface area (Å²) >= 11 is 7.22. The van der Waals surface area contributed by atoms with E-state index in [1.54, 1.807) is 38.1 Å². The summed E-state index contributed by atoms with van der Waals surface area (Å²) in [6.07, 6.45) is 1.05. The highest BCUT2D eigenvalue weighted by Gasteiger charge is 2.20. The molecule has 0 fully saturated rings. The summed E-state index contributed by atoms with van der Waals surface area (Å²) in [5.41, 5.74) is 2.09. The number of rotatable bonds is 6. The number of aromatic nitrogens is 2. The first kappa shape index (κ1) is 19.0. The van der Waals surface area contributed by atoms with Gasteiger partial charge in [0, 0.05) is 23.5 Å². The number of fused-ring (bicyclic) bond motifs is 1. The van der Waals surface area contributed by atoms with E-state index in [-0.39, 0.29) is 0 Å². The van der Waals surface area contributed by atoms with Crippen LogP contribution in [0.3, 0.4) is 0 Å². The van der Waals surface area contributed by atoms with Crippen molar-refractivity contribution in [2.75, 3.05) is 27.9 Å². The molecule has 0 spiro atoms. The fourth-order valence-corrected chi connectivity index (χ4v) is 4.40. The van der Waals surface area contributed by atoms with Crippen molar-refractivity contribution in [2.45, 2.75) is 19.6 Å². The van der Waals surface area contributed by atoms with Gasteiger partial charge >= 0.3 is 0 Å². The van der Waals surface area contributed by atoms with Crippen LogP contribution >= 0.6 is 23.6 Å². The summed E-state index contributed by atoms with van der Waals surface area (Å²) < 4.78 is 23.7. The van der Waals surface area contributed by atoms with Crippen molar-refractivity contribution in [2.24, 2.45) is 0 Å². The largest absolute Gasteiger partial charge is 0.493 e. The van der Waals surface area contributed by atoms with Gasteiger partial charge < -0.3 is 18.6 Å². The molecule has 0 saturated heterocycles. The fourth-order valence-electron chi connectivity index (χ4n) is 3.33. The van der Waals surface area contributed by atoms with Crippen LogP contribution in [0.2, 0.25) is 0 Å². The monoisotopic (exact) mass is 419 g/mol. The molecule has 0 N–H and O–H groups in total. The van der Waals surface area contributed by atoms with E-state index < -0.39 is 0 Å². The van der Waals surface area contributed by atoms with Crippen LogP contribution in [0.1, 0.15) is 10.4 Å². The number of nitrogens with zero attached hydrogens (tertiary/aromatic N) is 3. The van der Waals surface area contributed by atoms with E-state index >= 15 is 0 Å². The van der Waals surface area contributed by atoms with Crippen LogP contribution in [0.25, 0.3) is 11.5 Å². The predicted octanol–water partition coefficient (Wildman–Crippen LogP) is 3.98. The van der Waals surface area contributed by atoms with Gasteiger partial charge in [0.2, 0.25) is 11.6 Å². The van der Waals surface area contributed by atoms with E-state index in [2.05, 4.69) is 21.4 Å². The first-order chi connectivity index (χ1) is 13.6. The van der Waals surface area contributed by atoms with Crippen LogP contribution in [-0.2, 0) is 19.6 Å². The van der Waals surface area contributed by atoms with Crippen LogP contribution in [0.4, 0.5) is 0 Å². The normalized spacial score (nSPS) is 14.0. The Bertz CT molecular complexity index is 1010. The van der Waals surface area contributed by atoms with E-state index in [9.17, 15) is 0 Å². The molecule has 9 heteroatoms. The number of hydrogen-bond donors (Lipinski definition) is 0. The highest BCUT2D eigenvalue weighted by Crippen LogP contribution is 2.40. The van der Waals surface area contributed by atoms with Crippen molar-refractivity contribution >= 4 is 23.6 Å². The molecule has 0 aliphatic carbocycles. The van der Waals surface area contributed by atoms with Gasteiger partial charge in [-0.25, -0.2) is 4.68 Å². The minimum absolute atomic E-state index is 0.333. The van der Waals surface area contributed by atoms with Gasteiger partial charge in [0.15, 0.2) is 11.5 Å². The van der Waals surface area contributed by atoms with Crippen molar-refractivity contribution in [1.82, 2.24) is 14.7 Å². The molecule has 148 valence electrons. The molecular weight excluding hydrogens is 398 g/mol. The van der Waals surface area contributed by atoms with Gasteiger partial charge in [0.05, 0.1) is 28.0 Å². The second-order valence-corrected chi connectivity index (χ2v) is 7.75. The smallest absolute Gasteiger partial charge is 0.288 e. The van der Waals surface area contributed by atoms with Gasteiger partial charge in [-0.15, -0.1) is 16.4 Å². The second-order valence-electron chi connectivity index (χ2n) is 6.40. The third-order valence-electron chi connectivity index (χ3n) is 4.74. The third-order valence-corrected chi connectivity index (χ3v) is 6.06. The molecule has 3 heterocycles. The standard InChI is InChI=1S/C19H21N3O4S2/c1-23-14-8-13(9-15(24-2)17(14)25-3)18-20-22(19(27)26-18)11-21-6-4-16-12(10-21)5-7-28-16/h5,7-9H,4,6,10-11H2,1-3H3. The average Bonchev–Trinajstić information content (AvgIpc) is 3.33. The van der Waals surface area contributed by atoms with Crippen molar-refractivity contribution < 1.29 is 18.6 Å². The van der Waals surface area contributed by atoms with Gasteiger partial charge in [-0.2, -0.15) is 0 Å². The quantitative estimate of drug-likeness (QED) is 0.560. The fraction of sp³-hybridized carbons (Fsp3) is 0.368. The lowest BCUT2D eigenvalue weighted by Crippen LogP contribution is -2.32. The molecule has 1 aromatic carbocycles. The van der Waals surface area contributed by atoms with Crippen LogP contribution in [0.15, 0.2) is 28.0 Å². The lowest BCUT2D eigenvalue weighted by molar-refractivity contribution is 0.187. The third kappa shape index (κ3) is 3.52. The number of benzene rings is 1. The minimum atomic E-state index is 0.333. The predicted molar refractivity (Wildman–Crippen MR) is 109 cm³/mol. The molecule has 0 bridgehead atoms. The highest BCUT2D eigenvalue weighted by atomic mass is 32.1. The molecule has 28 heavy (non-hydrogen) atoms. The number of ether oxygens (including phenoxy) is 3. The number of methoxy groups -OCH3 is 3. The zero-order chi connectivity index (χ0) is 19.7. The molecule has 0 radical (unpaired) electrons. The SMILES string of the molecule is COc1cc(-c2nn(CN3CCc4sccc4C3)c(=S)o2)cc(OC)c1OC. The molecule has 1 aliphatic rings. The van der Waals surface area contributed by atoms with E-state index in [1.807, 2.05) is 11.3 Å². The first-order valence-electron chi connectivity index (χ1n) is 8.79. The zero-order valence-electron chi connectivity index (χ0n) is 15.9. The van der Waals surface area contributed by atoms with Gasteiger partial charge in [-0.3, -0.25) is 4.90 Å². The minimum Gasteiger partial charge on any atom is -0.493 e. The van der Waals surface area contributed by atoms with Gasteiger partial charge in [-0.1, -0.05) is 0 Å². The summed E-state index contributed by atoms with van der Waals surface area (Å²) in [5.74, 6) is 2.01. The summed E-state index contributed by atoms with van der Waals surface area (Å²) in [6.45, 7) is 2.46. The lowest BCUT2D eigenvalue weighted by atomic mass is 10.1. The van der Waals surface area contributed by atoms with Crippen molar-refractivity contribution in [3.63, 3.8) is 0 Å². The van der Waals surface area contributed by atoms with Gasteiger partial charge in [0.25, 0.3) is 4.84 Å². The van der Waals surface area contributed by atoms with Crippen molar-refractivity contribution in [3.05, 3.63) is 38.9 Å². The maximum Gasteiger partial charge on any atom is 0.288 e. The summed E-state index contributed by atoms with van der Waals surface area (Å²) in [7, 11) is 4.72. The maximum absolute atomic E-state index is 5.76. The van der Waals surface area contributed by atoms with Crippen LogP contribution in [0.5, 0.6) is 17.2 Å². The van der Waals surface area contributed by atoms with Gasteiger partial charge in [-0.05, 0) is 47.8 Å². The lowest BCUT2D eigenvalue weighted by Gasteiger charge is -2.26. The molecule has 0 amide bonds. The molecule has 4 rings (SSSR count). The second kappa shape index (κ2) is 7.94. The number of hydrogen-bond acceptors (Lipinski definition) is 8. The summed E-state index contributed by atoms with van der Waals surface area (Å²) in [5, 5.41) is 6.73. The molecule has 0 unspecified atom stereocenters. The molecule has 1 aliphatic heterocycles. The maximum atomic E-state index is 5.76. The highest BCUT2D eigenvalue weighted by molar-refractivity contribution is 7.71. The van der Waals surface area contributed by atoms with Crippen LogP contribution < -0.4 is 14.2 Å². The first-order valence-corrected chi connectivity index (χ1v) is 10.1. The molecule has 7 nitrogen and oxygen atoms in total. The summed E-state index contributed by atoms with van der Waals surface area (Å²) in [6, 6.07) is 5.78. The van der Waals surface area contributed by atoms with Crippen LogP contribution in [-0.4, -0.2) is 42.6 Å². The Kier molecular flexibility index (Phi) is 5.38.